The maximum absolute atomic E-state index is 5.80. The summed E-state index contributed by atoms with van der Waals surface area (Å²) in [6.45, 7) is 10.6. The predicted molar refractivity (Wildman–Crippen MR) is 124 cm³/mol. The minimum absolute atomic E-state index is 0.162. The molecule has 0 bridgehead atoms. The van der Waals surface area contributed by atoms with Gasteiger partial charge in [-0.3, -0.25) is 0 Å². The Balaban J connectivity index is 1.78. The summed E-state index contributed by atoms with van der Waals surface area (Å²) in [5, 5.41) is 2.05. The zero-order chi connectivity index (χ0) is 21.3. The smallest absolute Gasteiger partial charge is 0.145 e. The maximum Gasteiger partial charge on any atom is 0.145 e. The number of benzene rings is 2. The lowest BCUT2D eigenvalue weighted by molar-refractivity contribution is 0.242. The summed E-state index contributed by atoms with van der Waals surface area (Å²) in [6, 6.07) is 19.3. The predicted octanol–water partition coefficient (Wildman–Crippen LogP) is 6.93. The van der Waals surface area contributed by atoms with Crippen molar-refractivity contribution < 1.29 is 4.74 Å². The zero-order valence-electron chi connectivity index (χ0n) is 18.1. The minimum Gasteiger partial charge on any atom is -0.491 e. The molecule has 0 spiro atoms. The summed E-state index contributed by atoms with van der Waals surface area (Å²) in [4.78, 5) is 10.4. The Bertz CT molecular complexity index is 1150. The van der Waals surface area contributed by atoms with Crippen molar-refractivity contribution in [1.29, 1.82) is 0 Å². The first-order chi connectivity index (χ1) is 14.4. The molecule has 0 N–H and O–H groups in total. The maximum atomic E-state index is 5.80. The molecule has 4 aromatic rings. The molecule has 0 radical (unpaired) electrons. The van der Waals surface area contributed by atoms with E-state index in [-0.39, 0.29) is 12.1 Å². The lowest BCUT2D eigenvalue weighted by Gasteiger charge is -2.15. The van der Waals surface area contributed by atoms with E-state index in [9.17, 15) is 0 Å². The monoisotopic (exact) mass is 417 g/mol. The normalized spacial score (nSPS) is 11.6. The molecule has 0 amide bonds. The number of ether oxygens (including phenoxy) is 1. The highest BCUT2D eigenvalue weighted by Crippen LogP contribution is 2.37. The van der Waals surface area contributed by atoms with Crippen LogP contribution in [0.2, 0.25) is 0 Å². The van der Waals surface area contributed by atoms with Crippen molar-refractivity contribution in [1.82, 2.24) is 14.5 Å². The third kappa shape index (κ3) is 4.21. The Morgan fingerprint density at radius 3 is 2.23 bits per heavy atom. The minimum atomic E-state index is 0.162. The van der Waals surface area contributed by atoms with E-state index in [1.165, 1.54) is 10.5 Å². The highest BCUT2D eigenvalue weighted by atomic mass is 32.2. The van der Waals surface area contributed by atoms with Crippen LogP contribution in [0, 0.1) is 6.92 Å². The van der Waals surface area contributed by atoms with E-state index in [0.29, 0.717) is 0 Å². The van der Waals surface area contributed by atoms with Crippen molar-refractivity contribution in [3.05, 3.63) is 66.5 Å². The van der Waals surface area contributed by atoms with Gasteiger partial charge in [-0.2, -0.15) is 0 Å². The summed E-state index contributed by atoms with van der Waals surface area (Å²) in [6.07, 6.45) is 1.83. The third-order valence-electron chi connectivity index (χ3n) is 4.87. The second-order valence-corrected chi connectivity index (χ2v) is 9.08. The van der Waals surface area contributed by atoms with Crippen molar-refractivity contribution in [2.45, 2.75) is 56.7 Å². The molecule has 0 unspecified atom stereocenters. The molecule has 2 aromatic carbocycles. The van der Waals surface area contributed by atoms with Crippen molar-refractivity contribution >= 4 is 22.8 Å². The molecular formula is C25H27N3OS. The molecule has 5 heteroatoms. The molecule has 0 aliphatic rings. The Morgan fingerprint density at radius 1 is 0.900 bits per heavy atom. The van der Waals surface area contributed by atoms with E-state index in [4.69, 9.17) is 4.74 Å². The molecule has 0 aliphatic heterocycles. The molecule has 154 valence electrons. The van der Waals surface area contributed by atoms with Crippen LogP contribution in [0.4, 0.5) is 0 Å². The summed E-state index contributed by atoms with van der Waals surface area (Å²) in [5.41, 5.74) is 4.50. The molecule has 2 heterocycles. The molecule has 4 rings (SSSR count). The van der Waals surface area contributed by atoms with Gasteiger partial charge in [0.1, 0.15) is 22.7 Å². The van der Waals surface area contributed by atoms with Gasteiger partial charge in [0.05, 0.1) is 17.2 Å². The van der Waals surface area contributed by atoms with E-state index >= 15 is 0 Å². The molecule has 0 saturated heterocycles. The van der Waals surface area contributed by atoms with E-state index in [1.54, 1.807) is 18.1 Å². The number of hydrogen-bond donors (Lipinski definition) is 0. The number of fused-ring (bicyclic) bond motifs is 1. The van der Waals surface area contributed by atoms with Crippen molar-refractivity contribution in [3.63, 3.8) is 0 Å². The van der Waals surface area contributed by atoms with Gasteiger partial charge in [0, 0.05) is 10.9 Å². The average Bonchev–Trinajstić information content (AvgIpc) is 3.11. The number of aromatic nitrogens is 3. The number of hydrogen-bond acceptors (Lipinski definition) is 4. The van der Waals surface area contributed by atoms with Crippen LogP contribution in [0.5, 0.6) is 5.75 Å². The summed E-state index contributed by atoms with van der Waals surface area (Å²) >= 11 is 1.68. The summed E-state index contributed by atoms with van der Waals surface area (Å²) in [7, 11) is 0. The second-order valence-electron chi connectivity index (χ2n) is 8.02. The van der Waals surface area contributed by atoms with Crippen LogP contribution in [-0.4, -0.2) is 20.6 Å². The van der Waals surface area contributed by atoms with Crippen LogP contribution in [0.15, 0.2) is 70.8 Å². The van der Waals surface area contributed by atoms with Crippen LogP contribution >= 0.6 is 11.8 Å². The molecule has 30 heavy (non-hydrogen) atoms. The molecule has 4 nitrogen and oxygen atoms in total. The lowest BCUT2D eigenvalue weighted by Crippen LogP contribution is -2.05. The highest BCUT2D eigenvalue weighted by Gasteiger charge is 2.18. The van der Waals surface area contributed by atoms with E-state index in [2.05, 4.69) is 77.8 Å². The van der Waals surface area contributed by atoms with E-state index < -0.39 is 0 Å². The van der Waals surface area contributed by atoms with Crippen LogP contribution in [-0.2, 0) is 0 Å². The number of rotatable bonds is 6. The SMILES string of the molecule is Cc1ccc(Sc2ncnc3c2cc(-c2ccc(OC(C)C)cc2)n3C(C)C)cc1. The molecule has 0 aliphatic carbocycles. The molecule has 0 saturated carbocycles. The topological polar surface area (TPSA) is 39.9 Å². The van der Waals surface area contributed by atoms with Crippen LogP contribution < -0.4 is 4.74 Å². The fourth-order valence-electron chi connectivity index (χ4n) is 3.53. The van der Waals surface area contributed by atoms with Crippen molar-refractivity contribution in [2.75, 3.05) is 0 Å². The Labute approximate surface area is 182 Å². The first-order valence-corrected chi connectivity index (χ1v) is 11.1. The summed E-state index contributed by atoms with van der Waals surface area (Å²) < 4.78 is 8.09. The van der Waals surface area contributed by atoms with Crippen molar-refractivity contribution in [3.8, 4) is 17.0 Å². The average molecular weight is 418 g/mol. The van der Waals surface area contributed by atoms with Gasteiger partial charge in [0.25, 0.3) is 0 Å². The Kier molecular flexibility index (Phi) is 5.82. The lowest BCUT2D eigenvalue weighted by atomic mass is 10.1. The van der Waals surface area contributed by atoms with Gasteiger partial charge in [-0.1, -0.05) is 29.5 Å². The van der Waals surface area contributed by atoms with E-state index in [1.807, 2.05) is 26.0 Å². The quantitative estimate of drug-likeness (QED) is 0.319. The van der Waals surface area contributed by atoms with Gasteiger partial charge in [-0.05, 0) is 82.6 Å². The van der Waals surface area contributed by atoms with Gasteiger partial charge in [-0.15, -0.1) is 0 Å². The van der Waals surface area contributed by atoms with Crippen LogP contribution in [0.1, 0.15) is 39.3 Å². The van der Waals surface area contributed by atoms with Crippen molar-refractivity contribution in [2.24, 2.45) is 0 Å². The molecule has 2 aromatic heterocycles. The van der Waals surface area contributed by atoms with Crippen LogP contribution in [0.25, 0.3) is 22.3 Å². The summed E-state index contributed by atoms with van der Waals surface area (Å²) in [5.74, 6) is 0.886. The Hall–Kier alpha value is -2.79. The van der Waals surface area contributed by atoms with Crippen LogP contribution in [0.3, 0.4) is 0 Å². The third-order valence-corrected chi connectivity index (χ3v) is 5.90. The van der Waals surface area contributed by atoms with Gasteiger partial charge < -0.3 is 9.30 Å². The molecule has 0 fully saturated rings. The molecule has 0 atom stereocenters. The molecular weight excluding hydrogens is 390 g/mol. The number of aryl methyl sites for hydroxylation is 1. The van der Waals surface area contributed by atoms with Gasteiger partial charge in [-0.25, -0.2) is 9.97 Å². The first kappa shape index (κ1) is 20.5. The highest BCUT2D eigenvalue weighted by molar-refractivity contribution is 7.99. The van der Waals surface area contributed by atoms with Gasteiger partial charge in [0.15, 0.2) is 0 Å². The standard InChI is InChI=1S/C25H27N3OS/c1-16(2)28-23(19-8-10-20(11-9-19)29-17(3)4)14-22-24(28)26-15-27-25(22)30-21-12-6-18(5)7-13-21/h6-17H,1-5H3. The zero-order valence-corrected chi connectivity index (χ0v) is 18.9. The van der Waals surface area contributed by atoms with Gasteiger partial charge in [0.2, 0.25) is 0 Å². The largest absolute Gasteiger partial charge is 0.491 e. The number of nitrogens with zero attached hydrogens (tertiary/aromatic N) is 3. The fraction of sp³-hybridized carbons (Fsp3) is 0.280. The fourth-order valence-corrected chi connectivity index (χ4v) is 4.39. The van der Waals surface area contributed by atoms with E-state index in [0.717, 1.165) is 33.1 Å². The Morgan fingerprint density at radius 2 is 1.60 bits per heavy atom. The van der Waals surface area contributed by atoms with Gasteiger partial charge >= 0.3 is 0 Å². The second kappa shape index (κ2) is 8.52. The first-order valence-electron chi connectivity index (χ1n) is 10.3.